The van der Waals surface area contributed by atoms with Gasteiger partial charge < -0.3 is 19.1 Å². The zero-order chi connectivity index (χ0) is 16.2. The number of ether oxygens (including phenoxy) is 1. The Balaban J connectivity index is 1.78. The molecule has 1 fully saturated rings. The molecular weight excluding hydrogens is 294 g/mol. The van der Waals surface area contributed by atoms with Crippen molar-refractivity contribution in [1.29, 1.82) is 0 Å². The third kappa shape index (κ3) is 3.22. The lowest BCUT2D eigenvalue weighted by Gasteiger charge is -2.33. The third-order valence-corrected chi connectivity index (χ3v) is 4.26. The molecule has 3 rings (SSSR count). The zero-order valence-electron chi connectivity index (χ0n) is 13.5. The second-order valence-corrected chi connectivity index (χ2v) is 5.52. The summed E-state index contributed by atoms with van der Waals surface area (Å²) >= 11 is 0. The van der Waals surface area contributed by atoms with Crippen molar-refractivity contribution in [3.63, 3.8) is 0 Å². The zero-order valence-corrected chi connectivity index (χ0v) is 13.5. The van der Waals surface area contributed by atoms with Crippen LogP contribution in [0.2, 0.25) is 0 Å². The number of methoxy groups -OCH3 is 1. The average molecular weight is 315 g/mol. The molecule has 6 heteroatoms. The standard InChI is InChI=1S/C17H21N3O3/c1-3-19-8-10-20(11-9-19)17(21)15-12-18-23-16(15)13-4-6-14(22-2)7-5-13/h4-7,12H,3,8-11H2,1-2H3. The van der Waals surface area contributed by atoms with Gasteiger partial charge in [0.2, 0.25) is 0 Å². The summed E-state index contributed by atoms with van der Waals surface area (Å²) in [4.78, 5) is 17.0. The summed E-state index contributed by atoms with van der Waals surface area (Å²) in [6.07, 6.45) is 1.51. The number of benzene rings is 1. The predicted molar refractivity (Wildman–Crippen MR) is 86.5 cm³/mol. The molecule has 1 aliphatic rings. The number of aromatic nitrogens is 1. The van der Waals surface area contributed by atoms with E-state index in [4.69, 9.17) is 9.26 Å². The van der Waals surface area contributed by atoms with Crippen LogP contribution in [0.5, 0.6) is 5.75 Å². The largest absolute Gasteiger partial charge is 0.497 e. The number of carbonyl (C=O) groups is 1. The second kappa shape index (κ2) is 6.83. The van der Waals surface area contributed by atoms with Gasteiger partial charge in [-0.2, -0.15) is 0 Å². The molecule has 6 nitrogen and oxygen atoms in total. The van der Waals surface area contributed by atoms with Crippen molar-refractivity contribution in [2.45, 2.75) is 6.92 Å². The van der Waals surface area contributed by atoms with E-state index in [1.807, 2.05) is 29.2 Å². The lowest BCUT2D eigenvalue weighted by atomic mass is 10.1. The Morgan fingerprint density at radius 3 is 2.52 bits per heavy atom. The van der Waals surface area contributed by atoms with E-state index in [-0.39, 0.29) is 5.91 Å². The van der Waals surface area contributed by atoms with Gasteiger partial charge in [-0.15, -0.1) is 0 Å². The third-order valence-electron chi connectivity index (χ3n) is 4.26. The molecule has 1 aromatic heterocycles. The molecule has 0 unspecified atom stereocenters. The maximum Gasteiger partial charge on any atom is 0.259 e. The molecule has 0 saturated carbocycles. The van der Waals surface area contributed by atoms with Crippen molar-refractivity contribution in [3.05, 3.63) is 36.0 Å². The van der Waals surface area contributed by atoms with Crippen molar-refractivity contribution >= 4 is 5.91 Å². The van der Waals surface area contributed by atoms with Gasteiger partial charge in [0.05, 0.1) is 13.3 Å². The number of rotatable bonds is 4. The Morgan fingerprint density at radius 1 is 1.22 bits per heavy atom. The molecule has 0 aliphatic carbocycles. The van der Waals surface area contributed by atoms with Gasteiger partial charge >= 0.3 is 0 Å². The van der Waals surface area contributed by atoms with Crippen LogP contribution in [0.25, 0.3) is 11.3 Å². The molecule has 0 bridgehead atoms. The number of carbonyl (C=O) groups excluding carboxylic acids is 1. The predicted octanol–water partition coefficient (Wildman–Crippen LogP) is 2.13. The van der Waals surface area contributed by atoms with Crippen LogP contribution >= 0.6 is 0 Å². The number of amides is 1. The number of nitrogens with zero attached hydrogens (tertiary/aromatic N) is 3. The Kier molecular flexibility index (Phi) is 4.62. The number of hydrogen-bond donors (Lipinski definition) is 0. The molecule has 0 N–H and O–H groups in total. The maximum atomic E-state index is 12.8. The van der Waals surface area contributed by atoms with Gasteiger partial charge in [-0.25, -0.2) is 0 Å². The number of hydrogen-bond acceptors (Lipinski definition) is 5. The maximum absolute atomic E-state index is 12.8. The van der Waals surface area contributed by atoms with Gasteiger partial charge in [-0.3, -0.25) is 4.79 Å². The first kappa shape index (κ1) is 15.6. The molecule has 1 aromatic carbocycles. The Bertz CT molecular complexity index is 658. The van der Waals surface area contributed by atoms with Gasteiger partial charge in [0, 0.05) is 31.7 Å². The first-order valence-corrected chi connectivity index (χ1v) is 7.83. The molecule has 2 heterocycles. The minimum absolute atomic E-state index is 0.0205. The van der Waals surface area contributed by atoms with E-state index in [9.17, 15) is 4.79 Å². The van der Waals surface area contributed by atoms with Crippen LogP contribution in [0.3, 0.4) is 0 Å². The van der Waals surface area contributed by atoms with Crippen LogP contribution in [-0.4, -0.2) is 60.7 Å². The Labute approximate surface area is 135 Å². The van der Waals surface area contributed by atoms with E-state index in [1.165, 1.54) is 6.20 Å². The Hall–Kier alpha value is -2.34. The van der Waals surface area contributed by atoms with Crippen molar-refractivity contribution in [1.82, 2.24) is 15.0 Å². The summed E-state index contributed by atoms with van der Waals surface area (Å²) < 4.78 is 10.5. The summed E-state index contributed by atoms with van der Waals surface area (Å²) in [5, 5.41) is 3.82. The van der Waals surface area contributed by atoms with Crippen molar-refractivity contribution in [2.75, 3.05) is 39.8 Å². The minimum Gasteiger partial charge on any atom is -0.497 e. The molecule has 122 valence electrons. The first-order valence-electron chi connectivity index (χ1n) is 7.83. The highest BCUT2D eigenvalue weighted by Gasteiger charge is 2.26. The number of piperazine rings is 1. The van der Waals surface area contributed by atoms with E-state index in [1.54, 1.807) is 7.11 Å². The van der Waals surface area contributed by atoms with Crippen LogP contribution < -0.4 is 4.74 Å². The monoisotopic (exact) mass is 315 g/mol. The van der Waals surface area contributed by atoms with Crippen LogP contribution in [0, 0.1) is 0 Å². The molecule has 0 atom stereocenters. The highest BCUT2D eigenvalue weighted by atomic mass is 16.5. The van der Waals surface area contributed by atoms with E-state index in [2.05, 4.69) is 17.0 Å². The molecule has 0 radical (unpaired) electrons. The fourth-order valence-corrected chi connectivity index (χ4v) is 2.78. The minimum atomic E-state index is -0.0205. The quantitative estimate of drug-likeness (QED) is 0.865. The van der Waals surface area contributed by atoms with Crippen molar-refractivity contribution in [2.24, 2.45) is 0 Å². The van der Waals surface area contributed by atoms with Crippen LogP contribution in [0.15, 0.2) is 35.0 Å². The lowest BCUT2D eigenvalue weighted by molar-refractivity contribution is 0.0643. The Morgan fingerprint density at radius 2 is 1.91 bits per heavy atom. The normalized spacial score (nSPS) is 15.7. The van der Waals surface area contributed by atoms with E-state index in [0.717, 1.165) is 44.0 Å². The topological polar surface area (TPSA) is 58.8 Å². The summed E-state index contributed by atoms with van der Waals surface area (Å²) in [6, 6.07) is 7.41. The summed E-state index contributed by atoms with van der Waals surface area (Å²) in [7, 11) is 1.62. The molecule has 1 amide bonds. The molecule has 23 heavy (non-hydrogen) atoms. The molecular formula is C17H21N3O3. The highest BCUT2D eigenvalue weighted by Crippen LogP contribution is 2.26. The fraction of sp³-hybridized carbons (Fsp3) is 0.412. The fourth-order valence-electron chi connectivity index (χ4n) is 2.78. The molecule has 0 spiro atoms. The summed E-state index contributed by atoms with van der Waals surface area (Å²) in [5.74, 6) is 1.25. The molecule has 1 aliphatic heterocycles. The van der Waals surface area contributed by atoms with E-state index >= 15 is 0 Å². The van der Waals surface area contributed by atoms with Gasteiger partial charge in [-0.05, 0) is 30.8 Å². The average Bonchev–Trinajstić information content (AvgIpc) is 3.11. The van der Waals surface area contributed by atoms with Gasteiger partial charge in [0.1, 0.15) is 11.3 Å². The summed E-state index contributed by atoms with van der Waals surface area (Å²) in [6.45, 7) is 6.45. The van der Waals surface area contributed by atoms with Gasteiger partial charge in [0.25, 0.3) is 5.91 Å². The molecule has 1 saturated heterocycles. The van der Waals surface area contributed by atoms with Crippen LogP contribution in [0.4, 0.5) is 0 Å². The van der Waals surface area contributed by atoms with E-state index < -0.39 is 0 Å². The highest BCUT2D eigenvalue weighted by molar-refractivity contribution is 5.99. The smallest absolute Gasteiger partial charge is 0.259 e. The second-order valence-electron chi connectivity index (χ2n) is 5.52. The SMILES string of the molecule is CCN1CCN(C(=O)c2cnoc2-c2ccc(OC)cc2)CC1. The molecule has 2 aromatic rings. The van der Waals surface area contributed by atoms with E-state index in [0.29, 0.717) is 11.3 Å². The van der Waals surface area contributed by atoms with Crippen LogP contribution in [-0.2, 0) is 0 Å². The lowest BCUT2D eigenvalue weighted by Crippen LogP contribution is -2.48. The van der Waals surface area contributed by atoms with Crippen molar-refractivity contribution < 1.29 is 14.1 Å². The first-order chi connectivity index (χ1) is 11.2. The van der Waals surface area contributed by atoms with Gasteiger partial charge in [0.15, 0.2) is 5.76 Å². The van der Waals surface area contributed by atoms with Gasteiger partial charge in [-0.1, -0.05) is 12.1 Å². The van der Waals surface area contributed by atoms with Crippen LogP contribution in [0.1, 0.15) is 17.3 Å². The van der Waals surface area contributed by atoms with Crippen molar-refractivity contribution in [3.8, 4) is 17.1 Å². The summed E-state index contributed by atoms with van der Waals surface area (Å²) in [5.41, 5.74) is 1.33. The number of likely N-dealkylation sites (N-methyl/N-ethyl adjacent to an activating group) is 1.